The van der Waals surface area contributed by atoms with E-state index < -0.39 is 0 Å². The Balaban J connectivity index is 1.17. The van der Waals surface area contributed by atoms with Gasteiger partial charge in [0.15, 0.2) is 16.6 Å². The van der Waals surface area contributed by atoms with Crippen LogP contribution in [-0.4, -0.2) is 35.1 Å². The molecule has 4 aromatic rings. The van der Waals surface area contributed by atoms with Crippen molar-refractivity contribution < 1.29 is 19.1 Å². The maximum Gasteiger partial charge on any atom is 0.260 e. The number of ether oxygens (including phenoxy) is 2. The third kappa shape index (κ3) is 4.42. The van der Waals surface area contributed by atoms with Gasteiger partial charge in [-0.25, -0.2) is 4.98 Å². The molecule has 0 radical (unpaired) electrons. The predicted molar refractivity (Wildman–Crippen MR) is 142 cm³/mol. The van der Waals surface area contributed by atoms with Crippen molar-refractivity contribution in [2.24, 2.45) is 0 Å². The highest BCUT2D eigenvalue weighted by Gasteiger charge is 2.27. The van der Waals surface area contributed by atoms with Gasteiger partial charge >= 0.3 is 0 Å². The highest BCUT2D eigenvalue weighted by atomic mass is 32.1. The molecule has 2 aliphatic rings. The lowest BCUT2D eigenvalue weighted by Gasteiger charge is -2.18. The second-order valence-electron chi connectivity index (χ2n) is 9.02. The average molecular weight is 513 g/mol. The highest BCUT2D eigenvalue weighted by molar-refractivity contribution is 7.16. The molecule has 9 heteroatoms. The quantitative estimate of drug-likeness (QED) is 0.407. The van der Waals surface area contributed by atoms with Gasteiger partial charge in [-0.05, 0) is 67.8 Å². The fourth-order valence-corrected chi connectivity index (χ4v) is 5.59. The van der Waals surface area contributed by atoms with Crippen LogP contribution in [0.4, 0.5) is 10.8 Å². The Hall–Kier alpha value is -4.24. The molecule has 8 nitrogen and oxygen atoms in total. The topological polar surface area (TPSA) is 93.7 Å². The minimum Gasteiger partial charge on any atom is -0.454 e. The molecule has 2 aromatic carbocycles. The van der Waals surface area contributed by atoms with Crippen LogP contribution in [0.3, 0.4) is 0 Å². The number of aryl methyl sites for hydroxylation is 2. The summed E-state index contributed by atoms with van der Waals surface area (Å²) in [6.07, 6.45) is 2.68. The Bertz CT molecular complexity index is 1550. The average Bonchev–Trinajstić information content (AvgIpc) is 3.61. The molecule has 0 spiro atoms. The van der Waals surface area contributed by atoms with E-state index in [4.69, 9.17) is 14.5 Å². The van der Waals surface area contributed by atoms with Gasteiger partial charge in [0.05, 0.1) is 17.7 Å². The van der Waals surface area contributed by atoms with Crippen molar-refractivity contribution in [3.63, 3.8) is 0 Å². The van der Waals surface area contributed by atoms with Crippen molar-refractivity contribution in [3.05, 3.63) is 82.0 Å². The molecule has 0 aliphatic carbocycles. The Labute approximate surface area is 217 Å². The second-order valence-corrected chi connectivity index (χ2v) is 10.2. The first kappa shape index (κ1) is 23.2. The van der Waals surface area contributed by atoms with Gasteiger partial charge in [-0.2, -0.15) is 0 Å². The van der Waals surface area contributed by atoms with Crippen LogP contribution in [0.5, 0.6) is 11.5 Å². The Morgan fingerprint density at radius 3 is 2.81 bits per heavy atom. The number of rotatable bonds is 5. The lowest BCUT2D eigenvalue weighted by atomic mass is 10.1. The number of aromatic nitrogens is 2. The number of nitrogens with one attached hydrogen (secondary N) is 1. The minimum atomic E-state index is -0.145. The molecule has 0 atom stereocenters. The normalized spacial score (nSPS) is 13.5. The number of anilines is 2. The summed E-state index contributed by atoms with van der Waals surface area (Å²) in [7, 11) is 0. The van der Waals surface area contributed by atoms with E-state index in [1.165, 1.54) is 11.3 Å². The third-order valence-corrected chi connectivity index (χ3v) is 7.46. The number of carbonyl (C=O) groups is 2. The lowest BCUT2D eigenvalue weighted by Crippen LogP contribution is -2.29. The van der Waals surface area contributed by atoms with Gasteiger partial charge < -0.3 is 19.7 Å². The molecule has 1 N–H and O–H groups in total. The van der Waals surface area contributed by atoms with Crippen LogP contribution in [0.1, 0.15) is 32.1 Å². The van der Waals surface area contributed by atoms with Crippen molar-refractivity contribution in [2.75, 3.05) is 23.6 Å². The number of pyridine rings is 1. The van der Waals surface area contributed by atoms with E-state index in [1.807, 2.05) is 55.1 Å². The van der Waals surface area contributed by atoms with E-state index >= 15 is 0 Å². The number of thiazole rings is 1. The van der Waals surface area contributed by atoms with Gasteiger partial charge in [0.2, 0.25) is 12.7 Å². The van der Waals surface area contributed by atoms with Crippen LogP contribution < -0.4 is 19.7 Å². The van der Waals surface area contributed by atoms with Crippen molar-refractivity contribution in [3.8, 4) is 22.8 Å². The summed E-state index contributed by atoms with van der Waals surface area (Å²) in [5.41, 5.74) is 6.01. The van der Waals surface area contributed by atoms with E-state index in [2.05, 4.69) is 16.4 Å². The molecule has 186 valence electrons. The molecule has 0 bridgehead atoms. The maximum absolute atomic E-state index is 13.2. The Morgan fingerprint density at radius 1 is 1.08 bits per heavy atom. The summed E-state index contributed by atoms with van der Waals surface area (Å²) >= 11 is 1.45. The van der Waals surface area contributed by atoms with Gasteiger partial charge in [-0.15, -0.1) is 11.3 Å². The minimum absolute atomic E-state index is 0.0330. The molecular weight excluding hydrogens is 488 g/mol. The number of hydrogen-bond donors (Lipinski definition) is 1. The lowest BCUT2D eigenvalue weighted by molar-refractivity contribution is -0.115. The van der Waals surface area contributed by atoms with Gasteiger partial charge in [-0.3, -0.25) is 14.6 Å². The Morgan fingerprint density at radius 2 is 1.95 bits per heavy atom. The molecule has 2 amide bonds. The van der Waals surface area contributed by atoms with Crippen LogP contribution in [0.25, 0.3) is 11.3 Å². The summed E-state index contributed by atoms with van der Waals surface area (Å²) in [6, 6.07) is 15.2. The molecule has 2 aliphatic heterocycles. The second kappa shape index (κ2) is 9.33. The molecule has 0 saturated carbocycles. The SMILES string of the molecule is Cc1ncccc1C(=O)N1CCc2cc(-c3nc(NC(=O)Cc4ccc5c(c4)OCO5)sc3C)ccc21. The van der Waals surface area contributed by atoms with E-state index in [0.29, 0.717) is 28.7 Å². The third-order valence-electron chi connectivity index (χ3n) is 6.58. The number of benzene rings is 2. The number of fused-ring (bicyclic) bond motifs is 2. The molecule has 0 unspecified atom stereocenters. The molecule has 37 heavy (non-hydrogen) atoms. The maximum atomic E-state index is 13.2. The monoisotopic (exact) mass is 512 g/mol. The van der Waals surface area contributed by atoms with Crippen molar-refractivity contribution in [1.29, 1.82) is 0 Å². The number of hydrogen-bond acceptors (Lipinski definition) is 7. The number of carbonyl (C=O) groups excluding carboxylic acids is 2. The van der Waals surface area contributed by atoms with Crippen molar-refractivity contribution in [1.82, 2.24) is 9.97 Å². The van der Waals surface area contributed by atoms with E-state index in [1.54, 1.807) is 12.3 Å². The summed E-state index contributed by atoms with van der Waals surface area (Å²) in [4.78, 5) is 37.6. The van der Waals surface area contributed by atoms with E-state index in [0.717, 1.165) is 45.1 Å². The zero-order chi connectivity index (χ0) is 25.5. The van der Waals surface area contributed by atoms with Crippen molar-refractivity contribution >= 4 is 34.0 Å². The summed E-state index contributed by atoms with van der Waals surface area (Å²) < 4.78 is 10.7. The zero-order valence-corrected chi connectivity index (χ0v) is 21.2. The van der Waals surface area contributed by atoms with E-state index in [9.17, 15) is 9.59 Å². The first-order valence-electron chi connectivity index (χ1n) is 12.0. The fraction of sp³-hybridized carbons (Fsp3) is 0.214. The van der Waals surface area contributed by atoms with Gasteiger partial charge in [0.25, 0.3) is 5.91 Å². The fourth-order valence-electron chi connectivity index (χ4n) is 4.73. The molecule has 4 heterocycles. The van der Waals surface area contributed by atoms with Gasteiger partial charge in [0.1, 0.15) is 0 Å². The molecule has 0 saturated heterocycles. The molecule has 2 aromatic heterocycles. The standard InChI is InChI=1S/C28H24N4O4S/c1-16-21(4-3-10-29-16)27(34)32-11-9-19-14-20(6-7-22(19)32)26-17(2)37-28(31-26)30-25(33)13-18-5-8-23-24(12-18)36-15-35-23/h3-8,10,12,14H,9,11,13,15H2,1-2H3,(H,30,31,33). The predicted octanol–water partition coefficient (Wildman–Crippen LogP) is 4.93. The largest absolute Gasteiger partial charge is 0.454 e. The first-order valence-corrected chi connectivity index (χ1v) is 12.8. The summed E-state index contributed by atoms with van der Waals surface area (Å²) in [5, 5.41) is 3.48. The number of amides is 2. The van der Waals surface area contributed by atoms with Crippen LogP contribution >= 0.6 is 11.3 Å². The van der Waals surface area contributed by atoms with Crippen LogP contribution in [0.2, 0.25) is 0 Å². The molecular formula is C28H24N4O4S. The van der Waals surface area contributed by atoms with E-state index in [-0.39, 0.29) is 25.0 Å². The van der Waals surface area contributed by atoms with Gasteiger partial charge in [-0.1, -0.05) is 12.1 Å². The van der Waals surface area contributed by atoms with Crippen LogP contribution in [0, 0.1) is 13.8 Å². The summed E-state index contributed by atoms with van der Waals surface area (Å²) in [5.74, 6) is 1.17. The van der Waals surface area contributed by atoms with Crippen molar-refractivity contribution in [2.45, 2.75) is 26.7 Å². The zero-order valence-electron chi connectivity index (χ0n) is 20.4. The number of nitrogens with zero attached hydrogens (tertiary/aromatic N) is 3. The molecule has 6 rings (SSSR count). The highest BCUT2D eigenvalue weighted by Crippen LogP contribution is 2.37. The van der Waals surface area contributed by atoms with Gasteiger partial charge in [0, 0.05) is 34.6 Å². The Kier molecular flexibility index (Phi) is 5.84. The summed E-state index contributed by atoms with van der Waals surface area (Å²) in [6.45, 7) is 4.68. The molecule has 0 fully saturated rings. The first-order chi connectivity index (χ1) is 18.0. The van der Waals surface area contributed by atoms with Crippen LogP contribution in [0.15, 0.2) is 54.7 Å². The van der Waals surface area contributed by atoms with Crippen LogP contribution in [-0.2, 0) is 17.6 Å². The smallest absolute Gasteiger partial charge is 0.260 e.